The van der Waals surface area contributed by atoms with Crippen molar-refractivity contribution in [3.8, 4) is 0 Å². The number of thioether (sulfide) groups is 1. The number of nitrogens with one attached hydrogen (secondary N) is 1. The van der Waals surface area contributed by atoms with Gasteiger partial charge in [-0.2, -0.15) is 18.3 Å². The predicted molar refractivity (Wildman–Crippen MR) is 72.5 cm³/mol. The minimum absolute atomic E-state index is 0.0218. The van der Waals surface area contributed by atoms with Gasteiger partial charge in [0.15, 0.2) is 0 Å². The van der Waals surface area contributed by atoms with E-state index in [-0.39, 0.29) is 36.4 Å². The van der Waals surface area contributed by atoms with E-state index in [1.165, 1.54) is 0 Å². The molecule has 0 aliphatic carbocycles. The number of aryl methyl sites for hydroxylation is 2. The molecule has 0 saturated heterocycles. The zero-order chi connectivity index (χ0) is 15.3. The van der Waals surface area contributed by atoms with Crippen LogP contribution in [0.15, 0.2) is 0 Å². The topological polar surface area (TPSA) is 46.9 Å². The summed E-state index contributed by atoms with van der Waals surface area (Å²) in [5.74, 6) is -0.407. The summed E-state index contributed by atoms with van der Waals surface area (Å²) in [5.41, 5.74) is -1.34. The first kappa shape index (κ1) is 16.9. The van der Waals surface area contributed by atoms with Crippen molar-refractivity contribution in [1.82, 2.24) is 15.1 Å². The minimum Gasteiger partial charge on any atom is -0.355 e. The van der Waals surface area contributed by atoms with Crippen molar-refractivity contribution >= 4 is 17.7 Å². The van der Waals surface area contributed by atoms with Crippen molar-refractivity contribution in [2.45, 2.75) is 32.2 Å². The van der Waals surface area contributed by atoms with Crippen molar-refractivity contribution in [2.75, 3.05) is 12.3 Å². The Kier molecular flexibility index (Phi) is 5.91. The summed E-state index contributed by atoms with van der Waals surface area (Å²) in [7, 11) is 1.83. The highest BCUT2D eigenvalue weighted by Crippen LogP contribution is 2.29. The largest absolute Gasteiger partial charge is 0.441 e. The number of rotatable bonds is 6. The zero-order valence-corrected chi connectivity index (χ0v) is 12.5. The third kappa shape index (κ3) is 5.44. The molecule has 0 bridgehead atoms. The van der Waals surface area contributed by atoms with Gasteiger partial charge in [-0.05, 0) is 37.6 Å². The van der Waals surface area contributed by atoms with E-state index in [1.54, 1.807) is 4.68 Å². The summed E-state index contributed by atoms with van der Waals surface area (Å²) >= 11 is -0.130. The molecule has 0 aliphatic heterocycles. The SMILES string of the molecule is Cc1nn(C)c(C)c1CCC(=O)NCCSC(F)(F)F. The first-order valence-corrected chi connectivity index (χ1v) is 7.15. The molecule has 1 aromatic rings. The quantitative estimate of drug-likeness (QED) is 0.821. The van der Waals surface area contributed by atoms with Crippen LogP contribution < -0.4 is 5.32 Å². The number of halogens is 3. The van der Waals surface area contributed by atoms with Gasteiger partial charge >= 0.3 is 5.51 Å². The fourth-order valence-electron chi connectivity index (χ4n) is 1.86. The molecule has 1 amide bonds. The second-order valence-corrected chi connectivity index (χ2v) is 5.58. The normalized spacial score (nSPS) is 11.7. The Bertz CT molecular complexity index is 471. The summed E-state index contributed by atoms with van der Waals surface area (Å²) < 4.78 is 37.4. The second-order valence-electron chi connectivity index (χ2n) is 4.42. The molecule has 0 spiro atoms. The Morgan fingerprint density at radius 2 is 2.05 bits per heavy atom. The van der Waals surface area contributed by atoms with Crippen LogP contribution in [0.25, 0.3) is 0 Å². The van der Waals surface area contributed by atoms with E-state index in [4.69, 9.17) is 0 Å². The molecule has 8 heteroatoms. The van der Waals surface area contributed by atoms with Crippen LogP contribution in [0.5, 0.6) is 0 Å². The lowest BCUT2D eigenvalue weighted by molar-refractivity contribution is -0.120. The Balaban J connectivity index is 2.30. The maximum atomic E-state index is 11.9. The monoisotopic (exact) mass is 309 g/mol. The van der Waals surface area contributed by atoms with Crippen molar-refractivity contribution in [3.63, 3.8) is 0 Å². The lowest BCUT2D eigenvalue weighted by atomic mass is 10.1. The van der Waals surface area contributed by atoms with Crippen LogP contribution in [-0.2, 0) is 18.3 Å². The van der Waals surface area contributed by atoms with Gasteiger partial charge in [0.1, 0.15) is 0 Å². The number of nitrogens with zero attached hydrogens (tertiary/aromatic N) is 2. The fourth-order valence-corrected chi connectivity index (χ4v) is 2.30. The Labute approximate surface area is 120 Å². The predicted octanol–water partition coefficient (Wildman–Crippen LogP) is 2.34. The van der Waals surface area contributed by atoms with E-state index >= 15 is 0 Å². The third-order valence-electron chi connectivity index (χ3n) is 2.95. The molecule has 1 aromatic heterocycles. The van der Waals surface area contributed by atoms with Gasteiger partial charge in [0.25, 0.3) is 0 Å². The lowest BCUT2D eigenvalue weighted by Gasteiger charge is -2.07. The van der Waals surface area contributed by atoms with Crippen molar-refractivity contribution in [2.24, 2.45) is 7.05 Å². The summed E-state index contributed by atoms with van der Waals surface area (Å²) in [4.78, 5) is 11.5. The first-order chi connectivity index (χ1) is 9.20. The van der Waals surface area contributed by atoms with Gasteiger partial charge in [0.05, 0.1) is 5.69 Å². The average Bonchev–Trinajstić information content (AvgIpc) is 2.56. The van der Waals surface area contributed by atoms with Gasteiger partial charge in [0.2, 0.25) is 5.91 Å². The summed E-state index contributed by atoms with van der Waals surface area (Å²) in [5, 5.41) is 6.73. The minimum atomic E-state index is -4.24. The smallest absolute Gasteiger partial charge is 0.355 e. The summed E-state index contributed by atoms with van der Waals surface area (Å²) in [6, 6.07) is 0. The van der Waals surface area contributed by atoms with E-state index in [9.17, 15) is 18.0 Å². The number of hydrogen-bond donors (Lipinski definition) is 1. The van der Waals surface area contributed by atoms with Crippen LogP contribution in [0.3, 0.4) is 0 Å². The molecule has 20 heavy (non-hydrogen) atoms. The summed E-state index contributed by atoms with van der Waals surface area (Å²) in [6.45, 7) is 3.82. The van der Waals surface area contributed by atoms with E-state index in [1.807, 2.05) is 20.9 Å². The Hall–Kier alpha value is -1.18. The molecule has 0 aliphatic rings. The van der Waals surface area contributed by atoms with Gasteiger partial charge in [-0.15, -0.1) is 0 Å². The fraction of sp³-hybridized carbons (Fsp3) is 0.667. The molecule has 1 rings (SSSR count). The van der Waals surface area contributed by atoms with Crippen molar-refractivity contribution < 1.29 is 18.0 Å². The molecule has 0 fully saturated rings. The molecule has 0 saturated carbocycles. The number of hydrogen-bond acceptors (Lipinski definition) is 3. The van der Waals surface area contributed by atoms with Crippen molar-refractivity contribution in [1.29, 1.82) is 0 Å². The number of aromatic nitrogens is 2. The first-order valence-electron chi connectivity index (χ1n) is 6.17. The van der Waals surface area contributed by atoms with Crippen LogP contribution >= 0.6 is 11.8 Å². The molecule has 1 heterocycles. The van der Waals surface area contributed by atoms with Crippen LogP contribution in [0, 0.1) is 13.8 Å². The second kappa shape index (κ2) is 7.01. The maximum absolute atomic E-state index is 11.9. The molecule has 4 nitrogen and oxygen atoms in total. The van der Waals surface area contributed by atoms with E-state index in [0.717, 1.165) is 17.0 Å². The van der Waals surface area contributed by atoms with Gasteiger partial charge in [-0.1, -0.05) is 0 Å². The van der Waals surface area contributed by atoms with Crippen molar-refractivity contribution in [3.05, 3.63) is 17.0 Å². The van der Waals surface area contributed by atoms with Crippen LogP contribution in [-0.4, -0.2) is 33.5 Å². The molecule has 1 N–H and O–H groups in total. The number of carbonyl (C=O) groups excluding carboxylic acids is 1. The average molecular weight is 309 g/mol. The molecule has 0 atom stereocenters. The molecule has 0 radical (unpaired) electrons. The lowest BCUT2D eigenvalue weighted by Crippen LogP contribution is -2.26. The Morgan fingerprint density at radius 1 is 1.40 bits per heavy atom. The highest BCUT2D eigenvalue weighted by atomic mass is 32.2. The molecule has 0 aromatic carbocycles. The zero-order valence-electron chi connectivity index (χ0n) is 11.7. The molecule has 114 valence electrons. The number of carbonyl (C=O) groups is 1. The Morgan fingerprint density at radius 3 is 2.55 bits per heavy atom. The maximum Gasteiger partial charge on any atom is 0.441 e. The van der Waals surface area contributed by atoms with Crippen LogP contribution in [0.2, 0.25) is 0 Å². The third-order valence-corrected chi connectivity index (χ3v) is 3.69. The van der Waals surface area contributed by atoms with Gasteiger partial charge in [0, 0.05) is 31.5 Å². The van der Waals surface area contributed by atoms with Crippen LogP contribution in [0.4, 0.5) is 13.2 Å². The van der Waals surface area contributed by atoms with E-state index in [2.05, 4.69) is 10.4 Å². The number of amides is 1. The standard InChI is InChI=1S/C12H18F3N3OS/c1-8-10(9(2)18(3)17-8)4-5-11(19)16-6-7-20-12(13,14)15/h4-7H2,1-3H3,(H,16,19). The van der Waals surface area contributed by atoms with E-state index < -0.39 is 5.51 Å². The van der Waals surface area contributed by atoms with Gasteiger partial charge in [-0.3, -0.25) is 9.48 Å². The molecular formula is C12H18F3N3OS. The van der Waals surface area contributed by atoms with Crippen LogP contribution in [0.1, 0.15) is 23.4 Å². The summed E-state index contributed by atoms with van der Waals surface area (Å²) in [6.07, 6.45) is 0.799. The molecule has 0 unspecified atom stereocenters. The highest BCUT2D eigenvalue weighted by molar-refractivity contribution is 8.00. The van der Waals surface area contributed by atoms with Gasteiger partial charge < -0.3 is 5.32 Å². The highest BCUT2D eigenvalue weighted by Gasteiger charge is 2.27. The molecular weight excluding hydrogens is 291 g/mol. The number of alkyl halides is 3. The van der Waals surface area contributed by atoms with Gasteiger partial charge in [-0.25, -0.2) is 0 Å². The van der Waals surface area contributed by atoms with E-state index in [0.29, 0.717) is 6.42 Å².